The van der Waals surface area contributed by atoms with Crippen LogP contribution in [0.2, 0.25) is 0 Å². The molecule has 0 saturated carbocycles. The van der Waals surface area contributed by atoms with Gasteiger partial charge in [0.2, 0.25) is 11.8 Å². The van der Waals surface area contributed by atoms with Crippen LogP contribution >= 0.6 is 11.3 Å². The second-order valence-corrected chi connectivity index (χ2v) is 5.59. The molecule has 0 atom stereocenters. The van der Waals surface area contributed by atoms with Crippen LogP contribution in [-0.2, 0) is 11.2 Å². The quantitative estimate of drug-likeness (QED) is 0.724. The molecule has 3 aromatic rings. The van der Waals surface area contributed by atoms with Gasteiger partial charge in [0.15, 0.2) is 0 Å². The molecule has 22 heavy (non-hydrogen) atoms. The van der Waals surface area contributed by atoms with Gasteiger partial charge in [0, 0.05) is 12.7 Å². The molecule has 112 valence electrons. The molecule has 3 rings (SSSR count). The molecule has 0 radical (unpaired) electrons. The molecule has 0 bridgehead atoms. The van der Waals surface area contributed by atoms with Gasteiger partial charge in [0.05, 0.1) is 28.9 Å². The third-order valence-electron chi connectivity index (χ3n) is 3.19. The maximum absolute atomic E-state index is 12.5. The highest BCUT2D eigenvalue weighted by molar-refractivity contribution is 7.13. The summed E-state index contributed by atoms with van der Waals surface area (Å²) in [7, 11) is 0. The van der Waals surface area contributed by atoms with Gasteiger partial charge in [-0.1, -0.05) is 6.07 Å². The summed E-state index contributed by atoms with van der Waals surface area (Å²) in [6.45, 7) is 2.52. The van der Waals surface area contributed by atoms with Crippen LogP contribution in [0.25, 0.3) is 10.8 Å². The predicted molar refractivity (Wildman–Crippen MR) is 85.8 cm³/mol. The topological polar surface area (TPSA) is 59.2 Å². The summed E-state index contributed by atoms with van der Waals surface area (Å²) in [6, 6.07) is 7.57. The van der Waals surface area contributed by atoms with E-state index in [1.165, 1.54) is 0 Å². The Morgan fingerprint density at radius 3 is 2.95 bits per heavy atom. The summed E-state index contributed by atoms with van der Waals surface area (Å²) >= 11 is 1.56. The summed E-state index contributed by atoms with van der Waals surface area (Å²) in [5, 5.41) is 1.96. The van der Waals surface area contributed by atoms with Crippen LogP contribution in [0.4, 0.5) is 5.69 Å². The Kier molecular flexibility index (Phi) is 4.29. The van der Waals surface area contributed by atoms with Gasteiger partial charge in [-0.3, -0.25) is 9.78 Å². The maximum atomic E-state index is 12.5. The Morgan fingerprint density at radius 2 is 2.27 bits per heavy atom. The van der Waals surface area contributed by atoms with E-state index in [1.54, 1.807) is 34.9 Å². The fourth-order valence-electron chi connectivity index (χ4n) is 2.17. The Morgan fingerprint density at radius 1 is 1.36 bits per heavy atom. The highest BCUT2D eigenvalue weighted by Gasteiger charge is 2.17. The van der Waals surface area contributed by atoms with Gasteiger partial charge in [0.1, 0.15) is 6.26 Å². The molecular weight excluding hydrogens is 298 g/mol. The minimum absolute atomic E-state index is 0.0264. The van der Waals surface area contributed by atoms with Gasteiger partial charge >= 0.3 is 0 Å². The van der Waals surface area contributed by atoms with Gasteiger partial charge < -0.3 is 9.32 Å². The molecule has 3 heterocycles. The summed E-state index contributed by atoms with van der Waals surface area (Å²) in [5.41, 5.74) is 1.42. The molecule has 0 aliphatic rings. The smallest absolute Gasteiger partial charge is 0.236 e. The molecule has 6 heteroatoms. The zero-order valence-electron chi connectivity index (χ0n) is 12.1. The second kappa shape index (κ2) is 6.53. The Bertz CT molecular complexity index is 738. The van der Waals surface area contributed by atoms with Crippen molar-refractivity contribution in [2.75, 3.05) is 11.4 Å². The molecule has 0 fully saturated rings. The zero-order valence-corrected chi connectivity index (χ0v) is 12.9. The van der Waals surface area contributed by atoms with Crippen LogP contribution in [0, 0.1) is 0 Å². The predicted octanol–water partition coefficient (Wildman–Crippen LogP) is 3.39. The number of carbonyl (C=O) groups excluding carboxylic acids is 1. The summed E-state index contributed by atoms with van der Waals surface area (Å²) in [6.07, 6.45) is 5.12. The van der Waals surface area contributed by atoms with Crippen molar-refractivity contribution in [2.45, 2.75) is 13.3 Å². The first-order valence-electron chi connectivity index (χ1n) is 6.96. The average molecular weight is 313 g/mol. The van der Waals surface area contributed by atoms with Crippen LogP contribution in [0.3, 0.4) is 0 Å². The molecule has 0 N–H and O–H groups in total. The van der Waals surface area contributed by atoms with E-state index < -0.39 is 0 Å². The lowest BCUT2D eigenvalue weighted by molar-refractivity contribution is -0.118. The average Bonchev–Trinajstić information content (AvgIpc) is 3.20. The number of anilines is 1. The van der Waals surface area contributed by atoms with Gasteiger partial charge in [0.25, 0.3) is 0 Å². The summed E-state index contributed by atoms with van der Waals surface area (Å²) < 4.78 is 5.45. The number of thiophene rings is 1. The number of hydrogen-bond donors (Lipinski definition) is 0. The standard InChI is InChI=1S/C16H15N3O2S/c1-2-19(13-5-3-7-17-10-13)15(20)9-12-11-21-16(18-12)14-6-4-8-22-14/h3-8,10-11H,2,9H2,1H3. The third-order valence-corrected chi connectivity index (χ3v) is 4.05. The SMILES string of the molecule is CCN(C(=O)Cc1coc(-c2cccs2)n1)c1cccnc1. The van der Waals surface area contributed by atoms with Gasteiger partial charge in [-0.2, -0.15) is 0 Å². The fourth-order valence-corrected chi connectivity index (χ4v) is 2.82. The lowest BCUT2D eigenvalue weighted by Crippen LogP contribution is -2.32. The number of aromatic nitrogens is 2. The lowest BCUT2D eigenvalue weighted by Gasteiger charge is -2.19. The van der Waals surface area contributed by atoms with Gasteiger partial charge in [-0.05, 0) is 30.5 Å². The van der Waals surface area contributed by atoms with E-state index in [0.29, 0.717) is 18.1 Å². The number of nitrogens with zero attached hydrogens (tertiary/aromatic N) is 3. The molecule has 3 aromatic heterocycles. The summed E-state index contributed by atoms with van der Waals surface area (Å²) in [5.74, 6) is 0.531. The van der Waals surface area contributed by atoms with Crippen molar-refractivity contribution in [2.24, 2.45) is 0 Å². The normalized spacial score (nSPS) is 10.6. The van der Waals surface area contributed by atoms with Crippen LogP contribution in [-0.4, -0.2) is 22.4 Å². The molecule has 0 unspecified atom stereocenters. The minimum Gasteiger partial charge on any atom is -0.444 e. The molecule has 0 saturated heterocycles. The number of likely N-dealkylation sites (N-methyl/N-ethyl adjacent to an activating group) is 1. The van der Waals surface area contributed by atoms with E-state index in [9.17, 15) is 4.79 Å². The first-order chi connectivity index (χ1) is 10.8. The molecule has 0 aliphatic carbocycles. The van der Waals surface area contributed by atoms with Crippen molar-refractivity contribution >= 4 is 22.9 Å². The second-order valence-electron chi connectivity index (χ2n) is 4.65. The fraction of sp³-hybridized carbons (Fsp3) is 0.188. The molecule has 0 aromatic carbocycles. The molecule has 0 aliphatic heterocycles. The van der Waals surface area contributed by atoms with Crippen molar-refractivity contribution in [1.82, 2.24) is 9.97 Å². The number of oxazole rings is 1. The number of amides is 1. The first kappa shape index (κ1) is 14.5. The number of carbonyl (C=O) groups is 1. The van der Waals surface area contributed by atoms with Crippen LogP contribution < -0.4 is 4.90 Å². The highest BCUT2D eigenvalue weighted by Crippen LogP contribution is 2.24. The molecular formula is C16H15N3O2S. The van der Waals surface area contributed by atoms with Gasteiger partial charge in [-0.25, -0.2) is 4.98 Å². The van der Waals surface area contributed by atoms with Crippen molar-refractivity contribution in [1.29, 1.82) is 0 Å². The third kappa shape index (κ3) is 3.07. The van der Waals surface area contributed by atoms with Crippen molar-refractivity contribution in [3.05, 3.63) is 54.0 Å². The van der Waals surface area contributed by atoms with E-state index >= 15 is 0 Å². The number of hydrogen-bond acceptors (Lipinski definition) is 5. The monoisotopic (exact) mass is 313 g/mol. The van der Waals surface area contributed by atoms with E-state index in [4.69, 9.17) is 4.42 Å². The van der Waals surface area contributed by atoms with Crippen LogP contribution in [0.5, 0.6) is 0 Å². The van der Waals surface area contributed by atoms with E-state index in [-0.39, 0.29) is 12.3 Å². The Hall–Kier alpha value is -2.47. The van der Waals surface area contributed by atoms with E-state index in [2.05, 4.69) is 9.97 Å². The van der Waals surface area contributed by atoms with Gasteiger partial charge in [-0.15, -0.1) is 11.3 Å². The number of pyridine rings is 1. The summed E-state index contributed by atoms with van der Waals surface area (Å²) in [4.78, 5) is 23.5. The Balaban J connectivity index is 1.73. The first-order valence-corrected chi connectivity index (χ1v) is 7.84. The zero-order chi connectivity index (χ0) is 15.4. The minimum atomic E-state index is -0.0264. The van der Waals surface area contributed by atoms with Crippen LogP contribution in [0.15, 0.2) is 52.7 Å². The van der Waals surface area contributed by atoms with Crippen molar-refractivity contribution in [3.8, 4) is 10.8 Å². The molecule has 1 amide bonds. The number of rotatable bonds is 5. The maximum Gasteiger partial charge on any atom is 0.236 e. The lowest BCUT2D eigenvalue weighted by atomic mass is 10.2. The highest BCUT2D eigenvalue weighted by atomic mass is 32.1. The largest absolute Gasteiger partial charge is 0.444 e. The molecule has 5 nitrogen and oxygen atoms in total. The van der Waals surface area contributed by atoms with E-state index in [1.807, 2.05) is 36.6 Å². The molecule has 0 spiro atoms. The van der Waals surface area contributed by atoms with Crippen molar-refractivity contribution in [3.63, 3.8) is 0 Å². The van der Waals surface area contributed by atoms with Crippen LogP contribution in [0.1, 0.15) is 12.6 Å². The Labute approximate surface area is 132 Å². The van der Waals surface area contributed by atoms with E-state index in [0.717, 1.165) is 10.6 Å². The van der Waals surface area contributed by atoms with Crippen molar-refractivity contribution < 1.29 is 9.21 Å².